The van der Waals surface area contributed by atoms with Gasteiger partial charge in [0.1, 0.15) is 5.76 Å². The maximum absolute atomic E-state index is 9.11. The standard InChI is InChI=1S/C10H14N2O/c1-7(13)8-4-5-10(12(2)3)9(11)6-8/h4-6,13H,1,11H2,2-3H3. The van der Waals surface area contributed by atoms with Crippen molar-refractivity contribution in [1.29, 1.82) is 0 Å². The molecule has 1 aromatic carbocycles. The Balaban J connectivity index is 3.13. The Morgan fingerprint density at radius 3 is 2.46 bits per heavy atom. The van der Waals surface area contributed by atoms with Crippen molar-refractivity contribution in [1.82, 2.24) is 0 Å². The zero-order chi connectivity index (χ0) is 10.0. The molecular formula is C10H14N2O. The summed E-state index contributed by atoms with van der Waals surface area (Å²) in [7, 11) is 3.83. The second-order valence-electron chi connectivity index (χ2n) is 3.11. The molecule has 0 radical (unpaired) electrons. The van der Waals surface area contributed by atoms with Crippen LogP contribution in [0.2, 0.25) is 0 Å². The van der Waals surface area contributed by atoms with E-state index in [0.717, 1.165) is 5.69 Å². The number of aliphatic hydroxyl groups excluding tert-OH is 1. The van der Waals surface area contributed by atoms with Crippen LogP contribution in [0, 0.1) is 0 Å². The van der Waals surface area contributed by atoms with Gasteiger partial charge in [-0.1, -0.05) is 6.58 Å². The molecule has 0 aliphatic heterocycles. The van der Waals surface area contributed by atoms with E-state index in [1.54, 1.807) is 12.1 Å². The van der Waals surface area contributed by atoms with Crippen LogP contribution in [0.15, 0.2) is 24.8 Å². The third-order valence-electron chi connectivity index (χ3n) is 1.84. The number of rotatable bonds is 2. The van der Waals surface area contributed by atoms with Gasteiger partial charge in [-0.3, -0.25) is 0 Å². The Bertz CT molecular complexity index is 332. The van der Waals surface area contributed by atoms with Gasteiger partial charge in [-0.2, -0.15) is 0 Å². The van der Waals surface area contributed by atoms with E-state index >= 15 is 0 Å². The first-order valence-electron chi connectivity index (χ1n) is 3.97. The highest BCUT2D eigenvalue weighted by atomic mass is 16.3. The number of hydrogen-bond donors (Lipinski definition) is 2. The summed E-state index contributed by atoms with van der Waals surface area (Å²) in [4.78, 5) is 1.92. The normalized spacial score (nSPS) is 9.69. The molecular weight excluding hydrogens is 164 g/mol. The molecule has 0 amide bonds. The van der Waals surface area contributed by atoms with Gasteiger partial charge in [0, 0.05) is 19.7 Å². The fourth-order valence-electron chi connectivity index (χ4n) is 1.14. The van der Waals surface area contributed by atoms with Crippen molar-refractivity contribution in [2.24, 2.45) is 0 Å². The van der Waals surface area contributed by atoms with Gasteiger partial charge in [-0.15, -0.1) is 0 Å². The van der Waals surface area contributed by atoms with Crippen LogP contribution in [0.5, 0.6) is 0 Å². The number of nitrogens with two attached hydrogens (primary N) is 1. The van der Waals surface area contributed by atoms with Crippen molar-refractivity contribution < 1.29 is 5.11 Å². The molecule has 1 rings (SSSR count). The Morgan fingerprint density at radius 2 is 2.08 bits per heavy atom. The first kappa shape index (κ1) is 9.45. The van der Waals surface area contributed by atoms with Crippen LogP contribution in [0.25, 0.3) is 5.76 Å². The van der Waals surface area contributed by atoms with Crippen molar-refractivity contribution in [3.05, 3.63) is 30.3 Å². The van der Waals surface area contributed by atoms with E-state index in [1.165, 1.54) is 0 Å². The van der Waals surface area contributed by atoms with Crippen LogP contribution in [0.4, 0.5) is 11.4 Å². The highest BCUT2D eigenvalue weighted by Crippen LogP contribution is 2.24. The van der Waals surface area contributed by atoms with Gasteiger partial charge in [0.05, 0.1) is 11.4 Å². The second kappa shape index (κ2) is 3.39. The van der Waals surface area contributed by atoms with Crippen LogP contribution >= 0.6 is 0 Å². The number of hydrogen-bond acceptors (Lipinski definition) is 3. The Hall–Kier alpha value is -1.64. The number of aliphatic hydroxyl groups is 1. The van der Waals surface area contributed by atoms with Gasteiger partial charge in [0.15, 0.2) is 0 Å². The second-order valence-corrected chi connectivity index (χ2v) is 3.11. The van der Waals surface area contributed by atoms with Gasteiger partial charge in [-0.05, 0) is 18.2 Å². The minimum absolute atomic E-state index is 0.0389. The molecule has 0 aliphatic carbocycles. The molecule has 0 aromatic heterocycles. The van der Waals surface area contributed by atoms with E-state index < -0.39 is 0 Å². The zero-order valence-corrected chi connectivity index (χ0v) is 7.91. The minimum Gasteiger partial charge on any atom is -0.508 e. The van der Waals surface area contributed by atoms with Crippen LogP contribution in [0.3, 0.4) is 0 Å². The zero-order valence-electron chi connectivity index (χ0n) is 7.91. The van der Waals surface area contributed by atoms with Gasteiger partial charge in [0.2, 0.25) is 0 Å². The number of nitrogen functional groups attached to an aromatic ring is 1. The van der Waals surface area contributed by atoms with E-state index in [1.807, 2.05) is 25.1 Å². The van der Waals surface area contributed by atoms with Crippen LogP contribution in [-0.4, -0.2) is 19.2 Å². The van der Waals surface area contributed by atoms with Crippen LogP contribution in [-0.2, 0) is 0 Å². The maximum atomic E-state index is 9.11. The van der Waals surface area contributed by atoms with Crippen molar-refractivity contribution >= 4 is 17.1 Å². The SMILES string of the molecule is C=C(O)c1ccc(N(C)C)c(N)c1. The van der Waals surface area contributed by atoms with E-state index in [-0.39, 0.29) is 5.76 Å². The molecule has 0 saturated heterocycles. The van der Waals surface area contributed by atoms with Crippen LogP contribution in [0.1, 0.15) is 5.56 Å². The van der Waals surface area contributed by atoms with Gasteiger partial charge in [-0.25, -0.2) is 0 Å². The average molecular weight is 178 g/mol. The van der Waals surface area contributed by atoms with Crippen LogP contribution < -0.4 is 10.6 Å². The summed E-state index contributed by atoms with van der Waals surface area (Å²) in [6.45, 7) is 3.43. The third kappa shape index (κ3) is 1.93. The molecule has 0 spiro atoms. The number of anilines is 2. The average Bonchev–Trinajstić information content (AvgIpc) is 2.03. The lowest BCUT2D eigenvalue weighted by Crippen LogP contribution is -2.11. The summed E-state index contributed by atoms with van der Waals surface area (Å²) in [5.41, 5.74) is 7.99. The highest BCUT2D eigenvalue weighted by molar-refractivity contribution is 5.72. The first-order valence-corrected chi connectivity index (χ1v) is 3.97. The summed E-state index contributed by atoms with van der Waals surface area (Å²) in [6, 6.07) is 5.35. The topological polar surface area (TPSA) is 49.5 Å². The van der Waals surface area contributed by atoms with Gasteiger partial charge in [0.25, 0.3) is 0 Å². The summed E-state index contributed by atoms with van der Waals surface area (Å²) < 4.78 is 0. The molecule has 13 heavy (non-hydrogen) atoms. The smallest absolute Gasteiger partial charge is 0.115 e. The monoisotopic (exact) mass is 178 g/mol. The predicted octanol–water partition coefficient (Wildman–Crippen LogP) is 1.86. The summed E-state index contributed by atoms with van der Waals surface area (Å²) in [6.07, 6.45) is 0. The maximum Gasteiger partial charge on any atom is 0.115 e. The molecule has 3 heteroatoms. The fourth-order valence-corrected chi connectivity index (χ4v) is 1.14. The molecule has 0 atom stereocenters. The molecule has 3 N–H and O–H groups in total. The van der Waals surface area contributed by atoms with Crippen molar-refractivity contribution in [3.63, 3.8) is 0 Å². The van der Waals surface area contributed by atoms with Crippen molar-refractivity contribution in [2.75, 3.05) is 24.7 Å². The first-order chi connectivity index (χ1) is 6.02. The van der Waals surface area contributed by atoms with Crippen molar-refractivity contribution in [2.45, 2.75) is 0 Å². The van der Waals surface area contributed by atoms with E-state index in [2.05, 4.69) is 6.58 Å². The lowest BCUT2D eigenvalue weighted by Gasteiger charge is -2.15. The Labute approximate surface area is 78.1 Å². The lowest BCUT2D eigenvalue weighted by atomic mass is 10.1. The summed E-state index contributed by atoms with van der Waals surface area (Å²) in [5.74, 6) is 0.0389. The molecule has 0 bridgehead atoms. The number of nitrogens with zero attached hydrogens (tertiary/aromatic N) is 1. The minimum atomic E-state index is 0.0389. The largest absolute Gasteiger partial charge is 0.508 e. The number of benzene rings is 1. The van der Waals surface area contributed by atoms with E-state index in [0.29, 0.717) is 11.3 Å². The Morgan fingerprint density at radius 1 is 1.46 bits per heavy atom. The molecule has 0 saturated carbocycles. The predicted molar refractivity (Wildman–Crippen MR) is 56.8 cm³/mol. The fraction of sp³-hybridized carbons (Fsp3) is 0.200. The Kier molecular flexibility index (Phi) is 2.46. The molecule has 0 fully saturated rings. The van der Waals surface area contributed by atoms with Gasteiger partial charge < -0.3 is 15.7 Å². The van der Waals surface area contributed by atoms with Crippen molar-refractivity contribution in [3.8, 4) is 0 Å². The molecule has 70 valence electrons. The van der Waals surface area contributed by atoms with E-state index in [4.69, 9.17) is 10.8 Å². The highest BCUT2D eigenvalue weighted by Gasteiger charge is 2.03. The quantitative estimate of drug-likeness (QED) is 0.537. The third-order valence-corrected chi connectivity index (χ3v) is 1.84. The summed E-state index contributed by atoms with van der Waals surface area (Å²) >= 11 is 0. The summed E-state index contributed by atoms with van der Waals surface area (Å²) in [5, 5.41) is 9.11. The van der Waals surface area contributed by atoms with E-state index in [9.17, 15) is 0 Å². The molecule has 0 aliphatic rings. The molecule has 3 nitrogen and oxygen atoms in total. The molecule has 0 heterocycles. The molecule has 0 unspecified atom stereocenters. The lowest BCUT2D eigenvalue weighted by molar-refractivity contribution is 0.514. The molecule has 1 aromatic rings. The van der Waals surface area contributed by atoms with Gasteiger partial charge >= 0.3 is 0 Å².